The van der Waals surface area contributed by atoms with E-state index in [0.29, 0.717) is 73.3 Å². The highest BCUT2D eigenvalue weighted by atomic mass is 16.7. The molecule has 0 fully saturated rings. The largest absolute Gasteiger partial charge is 0.508 e. The van der Waals surface area contributed by atoms with E-state index < -0.39 is 0 Å². The zero-order chi connectivity index (χ0) is 67.9. The number of aromatic hydroxyl groups is 3. The average Bonchev–Trinajstić information content (AvgIpc) is 0.790. The van der Waals surface area contributed by atoms with E-state index in [0.717, 1.165) is 55.1 Å². The summed E-state index contributed by atoms with van der Waals surface area (Å²) in [5.41, 5.74) is 10.5. The molecule has 0 aliphatic heterocycles. The van der Waals surface area contributed by atoms with Crippen LogP contribution in [0.4, 0.5) is 0 Å². The predicted octanol–water partition coefficient (Wildman–Crippen LogP) is 29.0. The standard InChI is InChI=1S/C28H42O3.C24H34O3.3C10H14O.10CH4/c1-10-20(2)22-14-16-23(17-15-22)31-21(3)29-18-19-30-26-24(27(4,5)6)12-11-13-25(26)28(7,8)9;1-7-18(2)20-8-12-23(13-9-20)27-19(3)25-16-17-26-22-14-10-21(11-15-22)24(4,5)6;3*1-3-8(2)9-4-6-10(11)7-5-9;;;;;;;;;;/h11-17,20-21H,10,18-19H2,1-9H3;8-15,18-19H,7,16-17H2,1-6H3;3*4-8,11H,3H2,1-2H3;10*1H4. The van der Waals surface area contributed by atoms with Crippen LogP contribution in [0, 0.1) is 0 Å². The smallest absolute Gasteiger partial charge is 0.197 e. The van der Waals surface area contributed by atoms with E-state index in [1.807, 2.05) is 86.6 Å². The fourth-order valence-corrected chi connectivity index (χ4v) is 9.44. The monoisotopic (exact) mass is 1410 g/mol. The van der Waals surface area contributed by atoms with Crippen molar-refractivity contribution in [3.63, 3.8) is 0 Å². The Labute approximate surface area is 625 Å². The van der Waals surface area contributed by atoms with E-state index in [4.69, 9.17) is 43.7 Å². The molecule has 7 atom stereocenters. The third-order valence-electron chi connectivity index (χ3n) is 16.7. The minimum absolute atomic E-state index is 0. The average molecular weight is 1410 g/mol. The molecule has 580 valence electrons. The molecule has 7 aromatic rings. The van der Waals surface area contributed by atoms with Gasteiger partial charge in [0.25, 0.3) is 0 Å². The van der Waals surface area contributed by atoms with E-state index in [2.05, 4.69) is 186 Å². The third kappa shape index (κ3) is 41.1. The molecule has 0 saturated heterocycles. The molecule has 0 radical (unpaired) electrons. The quantitative estimate of drug-likeness (QED) is 0.0402. The van der Waals surface area contributed by atoms with Crippen molar-refractivity contribution in [3.05, 3.63) is 208 Å². The van der Waals surface area contributed by atoms with Crippen LogP contribution in [0.5, 0.6) is 40.2 Å². The lowest BCUT2D eigenvalue weighted by molar-refractivity contribution is -0.0742. The van der Waals surface area contributed by atoms with Gasteiger partial charge in [0.2, 0.25) is 0 Å². The lowest BCUT2D eigenvalue weighted by atomic mass is 9.79. The van der Waals surface area contributed by atoms with Gasteiger partial charge in [0.15, 0.2) is 12.6 Å². The van der Waals surface area contributed by atoms with Gasteiger partial charge in [-0.15, -0.1) is 0 Å². The van der Waals surface area contributed by atoms with Gasteiger partial charge in [-0.05, 0) is 209 Å². The van der Waals surface area contributed by atoms with Crippen LogP contribution in [0.15, 0.2) is 164 Å². The molecular formula is C92H158O9. The maximum absolute atomic E-state index is 9.01. The summed E-state index contributed by atoms with van der Waals surface area (Å²) in [6.45, 7) is 47.6. The van der Waals surface area contributed by atoms with Crippen LogP contribution in [0.25, 0.3) is 0 Å². The van der Waals surface area contributed by atoms with Crippen LogP contribution in [0.3, 0.4) is 0 Å². The molecule has 9 heteroatoms. The highest BCUT2D eigenvalue weighted by molar-refractivity contribution is 5.48. The first-order chi connectivity index (χ1) is 42.9. The number of rotatable bonds is 24. The van der Waals surface area contributed by atoms with Gasteiger partial charge in [-0.2, -0.15) is 0 Å². The first-order valence-electron chi connectivity index (χ1n) is 33.6. The molecule has 101 heavy (non-hydrogen) atoms. The van der Waals surface area contributed by atoms with Crippen LogP contribution >= 0.6 is 0 Å². The molecule has 0 spiro atoms. The van der Waals surface area contributed by atoms with Crippen LogP contribution in [-0.2, 0) is 25.7 Å². The molecule has 0 bridgehead atoms. The molecule has 0 aliphatic carbocycles. The van der Waals surface area contributed by atoms with Gasteiger partial charge in [0, 0.05) is 0 Å². The van der Waals surface area contributed by atoms with Crippen molar-refractivity contribution in [2.45, 2.75) is 310 Å². The number of ether oxygens (including phenoxy) is 6. The molecular weight excluding hydrogens is 1250 g/mol. The van der Waals surface area contributed by atoms with E-state index in [-0.39, 0.29) is 103 Å². The van der Waals surface area contributed by atoms with E-state index in [9.17, 15) is 0 Å². The number of phenolic OH excluding ortho intramolecular Hbond substituents is 3. The van der Waals surface area contributed by atoms with Crippen molar-refractivity contribution in [2.75, 3.05) is 26.4 Å². The zero-order valence-corrected chi connectivity index (χ0v) is 59.8. The van der Waals surface area contributed by atoms with E-state index in [1.54, 1.807) is 36.4 Å². The Hall–Kier alpha value is -6.94. The first-order valence-corrected chi connectivity index (χ1v) is 33.6. The Balaban J connectivity index is -0.000000186. The summed E-state index contributed by atoms with van der Waals surface area (Å²) >= 11 is 0. The van der Waals surface area contributed by atoms with Crippen LogP contribution in [0.2, 0.25) is 0 Å². The predicted molar refractivity (Wildman–Crippen MR) is 450 cm³/mol. The second kappa shape index (κ2) is 55.6. The summed E-state index contributed by atoms with van der Waals surface area (Å²) in [6.07, 6.45) is 5.05. The normalized spacial score (nSPS) is 12.3. The fraction of sp³-hybridized carbons (Fsp3) is 0.543. The Bertz CT molecular complexity index is 2870. The zero-order valence-electron chi connectivity index (χ0n) is 59.8. The summed E-state index contributed by atoms with van der Waals surface area (Å²) in [4.78, 5) is 0. The Morgan fingerprint density at radius 1 is 0.287 bits per heavy atom. The highest BCUT2D eigenvalue weighted by Gasteiger charge is 2.27. The van der Waals surface area contributed by atoms with Crippen LogP contribution in [-0.4, -0.2) is 54.3 Å². The number of benzene rings is 7. The molecule has 0 amide bonds. The van der Waals surface area contributed by atoms with Gasteiger partial charge >= 0.3 is 0 Å². The van der Waals surface area contributed by atoms with Gasteiger partial charge in [-0.3, -0.25) is 0 Å². The summed E-state index contributed by atoms with van der Waals surface area (Å²) < 4.78 is 35.3. The van der Waals surface area contributed by atoms with Crippen molar-refractivity contribution < 1.29 is 43.7 Å². The lowest BCUT2D eigenvalue weighted by Gasteiger charge is -2.29. The van der Waals surface area contributed by atoms with E-state index in [1.165, 1.54) is 44.5 Å². The van der Waals surface area contributed by atoms with Gasteiger partial charge < -0.3 is 43.7 Å². The Morgan fingerprint density at radius 2 is 0.525 bits per heavy atom. The van der Waals surface area contributed by atoms with Gasteiger partial charge in [-0.25, -0.2) is 0 Å². The SMILES string of the molecule is C.C.C.C.C.C.C.C.C.C.CCC(C)c1ccc(O)cc1.CCC(C)c1ccc(O)cc1.CCC(C)c1ccc(O)cc1.CCC(C)c1ccc(OC(C)OCCOc2c(C(C)(C)C)cccc2C(C)(C)C)cc1.CCC(C)c1ccc(OC(C)OCCOc2ccc(C(C)(C)C)cc2)cc1. The Kier molecular flexibility index (Phi) is 60.6. The van der Waals surface area contributed by atoms with Crippen molar-refractivity contribution in [3.8, 4) is 40.2 Å². The molecule has 0 aliphatic rings. The van der Waals surface area contributed by atoms with Gasteiger partial charge in [-0.1, -0.05) is 297 Å². The van der Waals surface area contributed by atoms with E-state index >= 15 is 0 Å². The minimum atomic E-state index is -0.335. The number of hydrogen-bond donors (Lipinski definition) is 3. The second-order valence-electron chi connectivity index (χ2n) is 27.2. The van der Waals surface area contributed by atoms with Crippen LogP contribution < -0.4 is 18.9 Å². The third-order valence-corrected chi connectivity index (χ3v) is 16.7. The second-order valence-corrected chi connectivity index (χ2v) is 27.2. The summed E-state index contributed by atoms with van der Waals surface area (Å²) in [7, 11) is 0. The maximum Gasteiger partial charge on any atom is 0.197 e. The summed E-state index contributed by atoms with van der Waals surface area (Å²) in [6, 6.07) is 53.6. The van der Waals surface area contributed by atoms with Gasteiger partial charge in [0.1, 0.15) is 53.5 Å². The van der Waals surface area contributed by atoms with Crippen molar-refractivity contribution in [1.82, 2.24) is 0 Å². The molecule has 0 saturated carbocycles. The number of phenols is 3. The summed E-state index contributed by atoms with van der Waals surface area (Å²) in [5.74, 6) is 7.45. The van der Waals surface area contributed by atoms with Crippen molar-refractivity contribution >= 4 is 0 Å². The highest BCUT2D eigenvalue weighted by Crippen LogP contribution is 2.40. The molecule has 9 nitrogen and oxygen atoms in total. The topological polar surface area (TPSA) is 116 Å². The Morgan fingerprint density at radius 3 is 0.762 bits per heavy atom. The van der Waals surface area contributed by atoms with Gasteiger partial charge in [0.05, 0.1) is 13.2 Å². The van der Waals surface area contributed by atoms with Crippen molar-refractivity contribution in [2.24, 2.45) is 0 Å². The molecule has 7 unspecified atom stereocenters. The fourth-order valence-electron chi connectivity index (χ4n) is 9.44. The maximum atomic E-state index is 9.01. The summed E-state index contributed by atoms with van der Waals surface area (Å²) in [5, 5.41) is 27.0. The number of hydrogen-bond acceptors (Lipinski definition) is 9. The minimum Gasteiger partial charge on any atom is -0.508 e. The molecule has 0 aromatic heterocycles. The lowest BCUT2D eigenvalue weighted by Crippen LogP contribution is -2.23. The molecule has 7 aromatic carbocycles. The van der Waals surface area contributed by atoms with Crippen molar-refractivity contribution in [1.29, 1.82) is 0 Å². The first kappa shape index (κ1) is 110. The number of para-hydroxylation sites is 1. The molecule has 7 rings (SSSR count). The van der Waals surface area contributed by atoms with Crippen LogP contribution in [0.1, 0.15) is 326 Å². The molecule has 3 N–H and O–H groups in total. The molecule has 0 heterocycles.